The third kappa shape index (κ3) is 3.52. The predicted molar refractivity (Wildman–Crippen MR) is 68.2 cm³/mol. The molecule has 6 nitrogen and oxygen atoms in total. The molecule has 0 fully saturated rings. The molecular weight excluding hydrogens is 290 g/mol. The average Bonchev–Trinajstić information content (AvgIpc) is 2.35. The zero-order valence-corrected chi connectivity index (χ0v) is 11.7. The first-order valence-corrected chi connectivity index (χ1v) is 5.98. The van der Waals surface area contributed by atoms with Crippen LogP contribution in [0.4, 0.5) is 5.69 Å². The molecule has 7 heteroatoms. The lowest BCUT2D eigenvalue weighted by Gasteiger charge is -2.15. The lowest BCUT2D eigenvalue weighted by Crippen LogP contribution is -2.27. The molecule has 0 aromatic carbocycles. The summed E-state index contributed by atoms with van der Waals surface area (Å²) in [5.41, 5.74) is 0.461. The Morgan fingerprint density at radius 1 is 1.53 bits per heavy atom. The van der Waals surface area contributed by atoms with Crippen molar-refractivity contribution >= 4 is 21.6 Å². The molecule has 0 aliphatic rings. The number of aromatic nitrogens is 2. The van der Waals surface area contributed by atoms with E-state index >= 15 is 0 Å². The fourth-order valence-corrected chi connectivity index (χ4v) is 1.72. The first-order chi connectivity index (χ1) is 8.13. The number of nitrogens with zero attached hydrogens (tertiary/aromatic N) is 2. The van der Waals surface area contributed by atoms with Crippen LogP contribution in [-0.2, 0) is 16.0 Å². The Morgan fingerprint density at radius 2 is 2.18 bits per heavy atom. The van der Waals surface area contributed by atoms with E-state index in [2.05, 4.69) is 26.3 Å². The van der Waals surface area contributed by atoms with Crippen molar-refractivity contribution in [3.8, 4) is 0 Å². The van der Waals surface area contributed by atoms with E-state index in [0.717, 1.165) is 0 Å². The Balaban J connectivity index is 2.79. The normalized spacial score (nSPS) is 10.9. The Kier molecular flexibility index (Phi) is 5.60. The van der Waals surface area contributed by atoms with E-state index in [1.54, 1.807) is 20.4 Å². The monoisotopic (exact) mass is 305 g/mol. The maximum atomic E-state index is 11.8. The van der Waals surface area contributed by atoms with E-state index in [0.29, 0.717) is 23.2 Å². The quantitative estimate of drug-likeness (QED) is 0.796. The second-order valence-electron chi connectivity index (χ2n) is 3.28. The number of methoxy groups -OCH3 is 2. The first-order valence-electron chi connectivity index (χ1n) is 5.19. The minimum atomic E-state index is -0.365. The van der Waals surface area contributed by atoms with Gasteiger partial charge in [0.15, 0.2) is 6.29 Å². The molecule has 1 aromatic heterocycles. The number of anilines is 1. The van der Waals surface area contributed by atoms with E-state index < -0.39 is 0 Å². The average molecular weight is 306 g/mol. The summed E-state index contributed by atoms with van der Waals surface area (Å²) in [5.74, 6) is 0. The number of halogens is 1. The predicted octanol–water partition coefficient (Wildman–Crippen LogP) is 1.06. The SMILES string of the molecule is CCn1ncc(NCC(OC)OC)c(Br)c1=O. The highest BCUT2D eigenvalue weighted by atomic mass is 79.9. The summed E-state index contributed by atoms with van der Waals surface area (Å²) in [6.07, 6.45) is 1.23. The highest BCUT2D eigenvalue weighted by molar-refractivity contribution is 9.10. The van der Waals surface area contributed by atoms with E-state index in [-0.39, 0.29) is 11.8 Å². The van der Waals surface area contributed by atoms with E-state index in [4.69, 9.17) is 9.47 Å². The first kappa shape index (κ1) is 14.1. The molecule has 0 atom stereocenters. The molecule has 96 valence electrons. The number of ether oxygens (including phenoxy) is 2. The third-order valence-corrected chi connectivity index (χ3v) is 3.04. The summed E-state index contributed by atoms with van der Waals surface area (Å²) in [6.45, 7) is 2.83. The fraction of sp³-hybridized carbons (Fsp3) is 0.600. The lowest BCUT2D eigenvalue weighted by molar-refractivity contribution is -0.0914. The van der Waals surface area contributed by atoms with Crippen LogP contribution in [-0.4, -0.2) is 36.8 Å². The molecule has 17 heavy (non-hydrogen) atoms. The lowest BCUT2D eigenvalue weighted by atomic mass is 10.4. The van der Waals surface area contributed by atoms with Crippen LogP contribution in [0.5, 0.6) is 0 Å². The van der Waals surface area contributed by atoms with Gasteiger partial charge in [-0.15, -0.1) is 0 Å². The van der Waals surface area contributed by atoms with Crippen LogP contribution < -0.4 is 10.9 Å². The molecular formula is C10H16BrN3O3. The van der Waals surface area contributed by atoms with Crippen molar-refractivity contribution in [3.05, 3.63) is 21.0 Å². The minimum absolute atomic E-state index is 0.163. The van der Waals surface area contributed by atoms with Gasteiger partial charge in [-0.1, -0.05) is 0 Å². The molecule has 0 radical (unpaired) electrons. The maximum Gasteiger partial charge on any atom is 0.283 e. The molecule has 1 rings (SSSR count). The molecule has 0 saturated heterocycles. The third-order valence-electron chi connectivity index (χ3n) is 2.27. The van der Waals surface area contributed by atoms with Gasteiger partial charge < -0.3 is 14.8 Å². The van der Waals surface area contributed by atoms with E-state index in [9.17, 15) is 4.79 Å². The summed E-state index contributed by atoms with van der Waals surface area (Å²) in [7, 11) is 3.11. The van der Waals surface area contributed by atoms with Crippen molar-refractivity contribution < 1.29 is 9.47 Å². The van der Waals surface area contributed by atoms with Crippen LogP contribution in [0.3, 0.4) is 0 Å². The molecule has 0 amide bonds. The zero-order chi connectivity index (χ0) is 12.8. The number of hydrogen-bond donors (Lipinski definition) is 1. The van der Waals surface area contributed by atoms with Crippen LogP contribution in [0.2, 0.25) is 0 Å². The molecule has 0 aliphatic heterocycles. The number of hydrogen-bond acceptors (Lipinski definition) is 5. The maximum absolute atomic E-state index is 11.8. The topological polar surface area (TPSA) is 65.4 Å². The van der Waals surface area contributed by atoms with Crippen molar-refractivity contribution in [2.75, 3.05) is 26.1 Å². The molecule has 1 aromatic rings. The van der Waals surface area contributed by atoms with Gasteiger partial charge in [0.25, 0.3) is 5.56 Å². The van der Waals surface area contributed by atoms with Crippen molar-refractivity contribution in [3.63, 3.8) is 0 Å². The number of nitrogens with one attached hydrogen (secondary N) is 1. The second kappa shape index (κ2) is 6.73. The largest absolute Gasteiger partial charge is 0.378 e. The van der Waals surface area contributed by atoms with Gasteiger partial charge in [0, 0.05) is 20.8 Å². The van der Waals surface area contributed by atoms with Gasteiger partial charge in [-0.25, -0.2) is 4.68 Å². The van der Waals surface area contributed by atoms with E-state index in [1.165, 1.54) is 4.68 Å². The summed E-state index contributed by atoms with van der Waals surface area (Å²) >= 11 is 3.25. The van der Waals surface area contributed by atoms with Crippen molar-refractivity contribution in [1.29, 1.82) is 0 Å². The molecule has 1 N–H and O–H groups in total. The highest BCUT2D eigenvalue weighted by Crippen LogP contribution is 2.16. The Labute approximate surface area is 108 Å². The van der Waals surface area contributed by atoms with Gasteiger partial charge in [-0.3, -0.25) is 4.79 Å². The second-order valence-corrected chi connectivity index (χ2v) is 4.07. The van der Waals surface area contributed by atoms with Crippen molar-refractivity contribution in [2.24, 2.45) is 0 Å². The molecule has 0 unspecified atom stereocenters. The van der Waals surface area contributed by atoms with Crippen LogP contribution in [0.1, 0.15) is 6.92 Å². The number of aryl methyl sites for hydroxylation is 1. The van der Waals surface area contributed by atoms with E-state index in [1.807, 2.05) is 6.92 Å². The van der Waals surface area contributed by atoms with Crippen LogP contribution in [0, 0.1) is 0 Å². The zero-order valence-electron chi connectivity index (χ0n) is 10.1. The van der Waals surface area contributed by atoms with Crippen molar-refractivity contribution in [1.82, 2.24) is 9.78 Å². The van der Waals surface area contributed by atoms with Gasteiger partial charge in [0.1, 0.15) is 4.47 Å². The summed E-state index contributed by atoms with van der Waals surface area (Å²) in [5, 5.41) is 7.05. The van der Waals surface area contributed by atoms with Gasteiger partial charge in [-0.05, 0) is 22.9 Å². The Bertz CT molecular complexity index is 418. The summed E-state index contributed by atoms with van der Waals surface area (Å²) in [4.78, 5) is 11.8. The Morgan fingerprint density at radius 3 is 2.71 bits per heavy atom. The van der Waals surface area contributed by atoms with Crippen LogP contribution >= 0.6 is 15.9 Å². The molecule has 1 heterocycles. The standard InChI is InChI=1S/C10H16BrN3O3/c1-4-14-10(15)9(11)7(5-13-14)12-6-8(16-2)17-3/h5,8,12H,4,6H2,1-3H3. The van der Waals surface area contributed by atoms with Crippen LogP contribution in [0.15, 0.2) is 15.5 Å². The van der Waals surface area contributed by atoms with Crippen LogP contribution in [0.25, 0.3) is 0 Å². The highest BCUT2D eigenvalue weighted by Gasteiger charge is 2.10. The van der Waals surface area contributed by atoms with Gasteiger partial charge >= 0.3 is 0 Å². The van der Waals surface area contributed by atoms with Gasteiger partial charge in [0.2, 0.25) is 0 Å². The summed E-state index contributed by atoms with van der Waals surface area (Å²) in [6, 6.07) is 0. The minimum Gasteiger partial charge on any atom is -0.378 e. The Hall–Kier alpha value is -0.920. The van der Waals surface area contributed by atoms with Crippen molar-refractivity contribution in [2.45, 2.75) is 19.8 Å². The molecule has 0 aliphatic carbocycles. The smallest absolute Gasteiger partial charge is 0.283 e. The fourth-order valence-electron chi connectivity index (χ4n) is 1.27. The summed E-state index contributed by atoms with van der Waals surface area (Å²) < 4.78 is 11.9. The van der Waals surface area contributed by atoms with Gasteiger partial charge in [-0.2, -0.15) is 5.10 Å². The molecule has 0 saturated carbocycles. The molecule has 0 bridgehead atoms. The number of rotatable bonds is 6. The molecule has 0 spiro atoms. The van der Waals surface area contributed by atoms with Gasteiger partial charge in [0.05, 0.1) is 18.4 Å².